The Balaban J connectivity index is 1.53. The zero-order valence-corrected chi connectivity index (χ0v) is 14.9. The van der Waals surface area contributed by atoms with E-state index in [-0.39, 0.29) is 0 Å². The van der Waals surface area contributed by atoms with E-state index in [1.165, 1.54) is 11.3 Å². The molecule has 1 amide bonds. The Kier molecular flexibility index (Phi) is 4.01. The number of aliphatic carboxylic acids is 1. The van der Waals surface area contributed by atoms with Crippen LogP contribution in [0.25, 0.3) is 10.3 Å². The van der Waals surface area contributed by atoms with Crippen LogP contribution in [-0.4, -0.2) is 27.0 Å². The molecule has 0 spiro atoms. The van der Waals surface area contributed by atoms with Crippen molar-refractivity contribution in [3.63, 3.8) is 0 Å². The van der Waals surface area contributed by atoms with E-state index in [0.717, 1.165) is 5.69 Å². The number of fused-ring (bicyclic) bond motifs is 1. The molecule has 1 aromatic carbocycles. The summed E-state index contributed by atoms with van der Waals surface area (Å²) in [6.45, 7) is 0. The molecule has 3 N–H and O–H groups in total. The zero-order valence-electron chi connectivity index (χ0n) is 13.3. The number of nitrogens with one attached hydrogen (secondary N) is 2. The maximum atomic E-state index is 12.2. The van der Waals surface area contributed by atoms with E-state index < -0.39 is 17.3 Å². The van der Waals surface area contributed by atoms with E-state index >= 15 is 0 Å². The van der Waals surface area contributed by atoms with E-state index in [4.69, 9.17) is 11.6 Å². The van der Waals surface area contributed by atoms with Crippen LogP contribution in [0.5, 0.6) is 0 Å². The number of amides is 1. The van der Waals surface area contributed by atoms with Gasteiger partial charge in [-0.25, -0.2) is 9.97 Å². The minimum Gasteiger partial charge on any atom is -0.480 e. The second-order valence-corrected chi connectivity index (χ2v) is 7.43. The first kappa shape index (κ1) is 16.7. The summed E-state index contributed by atoms with van der Waals surface area (Å²) in [5.74, 6) is -0.988. The lowest BCUT2D eigenvalue weighted by molar-refractivity contribution is -0.147. The number of benzene rings is 1. The van der Waals surface area contributed by atoms with E-state index in [1.54, 1.807) is 24.3 Å². The maximum absolute atomic E-state index is 12.2. The molecule has 1 aliphatic carbocycles. The Morgan fingerprint density at radius 2 is 1.85 bits per heavy atom. The van der Waals surface area contributed by atoms with Crippen LogP contribution in [0.1, 0.15) is 12.8 Å². The summed E-state index contributed by atoms with van der Waals surface area (Å²) in [5, 5.41) is 15.9. The summed E-state index contributed by atoms with van der Waals surface area (Å²) < 4.78 is 0. The third kappa shape index (κ3) is 3.09. The normalized spacial score (nSPS) is 14.8. The predicted molar refractivity (Wildman–Crippen MR) is 100 cm³/mol. The molecule has 0 bridgehead atoms. The average molecular weight is 389 g/mol. The van der Waals surface area contributed by atoms with Crippen molar-refractivity contribution >= 4 is 61.8 Å². The van der Waals surface area contributed by atoms with E-state index in [1.807, 2.05) is 12.1 Å². The molecule has 26 heavy (non-hydrogen) atoms. The second kappa shape index (κ2) is 6.22. The van der Waals surface area contributed by atoms with Gasteiger partial charge in [0, 0.05) is 10.7 Å². The molecule has 2 heterocycles. The van der Waals surface area contributed by atoms with Crippen LogP contribution in [0, 0.1) is 5.41 Å². The molecule has 4 rings (SSSR count). The number of halogens is 1. The molecule has 132 valence electrons. The molecule has 3 aromatic rings. The third-order valence-electron chi connectivity index (χ3n) is 4.19. The fraction of sp³-hybridized carbons (Fsp3) is 0.176. The van der Waals surface area contributed by atoms with Crippen LogP contribution in [0.15, 0.2) is 36.4 Å². The highest BCUT2D eigenvalue weighted by molar-refractivity contribution is 7.22. The number of nitrogens with zero attached hydrogens (tertiary/aromatic N) is 2. The van der Waals surface area contributed by atoms with Crippen molar-refractivity contribution in [1.82, 2.24) is 9.97 Å². The molecule has 0 saturated heterocycles. The monoisotopic (exact) mass is 388 g/mol. The van der Waals surface area contributed by atoms with Crippen LogP contribution in [0.4, 0.5) is 16.6 Å². The summed E-state index contributed by atoms with van der Waals surface area (Å²) >= 11 is 7.07. The highest BCUT2D eigenvalue weighted by atomic mass is 35.5. The summed E-state index contributed by atoms with van der Waals surface area (Å²) in [7, 11) is 0. The number of aromatic nitrogens is 2. The number of hydrogen-bond acceptors (Lipinski definition) is 6. The van der Waals surface area contributed by atoms with E-state index in [0.29, 0.717) is 39.2 Å². The van der Waals surface area contributed by atoms with Gasteiger partial charge >= 0.3 is 5.97 Å². The topological polar surface area (TPSA) is 104 Å². The van der Waals surface area contributed by atoms with E-state index in [9.17, 15) is 14.7 Å². The van der Waals surface area contributed by atoms with Gasteiger partial charge in [0.15, 0.2) is 5.13 Å². The average Bonchev–Trinajstić information content (AvgIpc) is 3.33. The molecule has 1 fully saturated rings. The van der Waals surface area contributed by atoms with Gasteiger partial charge in [-0.05, 0) is 49.2 Å². The number of pyridine rings is 1. The number of carbonyl (C=O) groups is 2. The van der Waals surface area contributed by atoms with E-state index in [2.05, 4.69) is 20.6 Å². The molecule has 0 atom stereocenters. The van der Waals surface area contributed by atoms with Gasteiger partial charge in [0.1, 0.15) is 21.6 Å². The minimum atomic E-state index is -1.30. The number of hydrogen-bond donors (Lipinski definition) is 3. The second-order valence-electron chi connectivity index (χ2n) is 6.01. The van der Waals surface area contributed by atoms with Crippen molar-refractivity contribution < 1.29 is 14.7 Å². The number of carboxylic acid groups (broad SMARTS) is 1. The fourth-order valence-electron chi connectivity index (χ4n) is 2.50. The Labute approximate surface area is 157 Å². The quantitative estimate of drug-likeness (QED) is 0.573. The Morgan fingerprint density at radius 1 is 1.12 bits per heavy atom. The van der Waals surface area contributed by atoms with Crippen LogP contribution in [0.3, 0.4) is 0 Å². The van der Waals surface area contributed by atoms with Gasteiger partial charge in [-0.3, -0.25) is 9.59 Å². The molecular formula is C17H13ClN4O3S. The molecule has 0 radical (unpaired) electrons. The molecule has 1 aliphatic rings. The highest BCUT2D eigenvalue weighted by Gasteiger charge is 2.57. The lowest BCUT2D eigenvalue weighted by Gasteiger charge is -2.07. The van der Waals surface area contributed by atoms with Gasteiger partial charge in [0.25, 0.3) is 0 Å². The van der Waals surface area contributed by atoms with Crippen molar-refractivity contribution in [3.05, 3.63) is 41.4 Å². The van der Waals surface area contributed by atoms with Crippen molar-refractivity contribution in [2.75, 3.05) is 10.6 Å². The van der Waals surface area contributed by atoms with Crippen molar-refractivity contribution in [1.29, 1.82) is 0 Å². The van der Waals surface area contributed by atoms with Crippen LogP contribution >= 0.6 is 22.9 Å². The summed E-state index contributed by atoms with van der Waals surface area (Å²) in [6.07, 6.45) is 0.707. The van der Waals surface area contributed by atoms with Gasteiger partial charge in [-0.15, -0.1) is 0 Å². The highest BCUT2D eigenvalue weighted by Crippen LogP contribution is 2.47. The predicted octanol–water partition coefficient (Wildman–Crippen LogP) is 3.89. The first-order valence-corrected chi connectivity index (χ1v) is 9.01. The van der Waals surface area contributed by atoms with Crippen LogP contribution < -0.4 is 10.6 Å². The number of thiazole rings is 1. The lowest BCUT2D eigenvalue weighted by Crippen LogP contribution is -2.31. The third-order valence-corrected chi connectivity index (χ3v) is 5.32. The molecule has 1 saturated carbocycles. The lowest BCUT2D eigenvalue weighted by atomic mass is 10.1. The molecule has 9 heteroatoms. The largest absolute Gasteiger partial charge is 0.480 e. The Morgan fingerprint density at radius 3 is 2.50 bits per heavy atom. The van der Waals surface area contributed by atoms with Crippen LogP contribution in [0.2, 0.25) is 5.02 Å². The number of anilines is 3. The molecule has 7 nitrogen and oxygen atoms in total. The first-order valence-electron chi connectivity index (χ1n) is 7.81. The Bertz CT molecular complexity index is 1010. The van der Waals surface area contributed by atoms with Crippen molar-refractivity contribution in [2.24, 2.45) is 5.41 Å². The first-order chi connectivity index (χ1) is 12.5. The van der Waals surface area contributed by atoms with Gasteiger partial charge in [0.05, 0.1) is 0 Å². The zero-order chi connectivity index (χ0) is 18.3. The number of carbonyl (C=O) groups excluding carboxylic acids is 1. The van der Waals surface area contributed by atoms with Crippen molar-refractivity contribution in [3.8, 4) is 0 Å². The smallest absolute Gasteiger partial charge is 0.319 e. The summed E-state index contributed by atoms with van der Waals surface area (Å²) in [6, 6.07) is 10.8. The van der Waals surface area contributed by atoms with Gasteiger partial charge in [-0.2, -0.15) is 0 Å². The van der Waals surface area contributed by atoms with Gasteiger partial charge in [-0.1, -0.05) is 22.9 Å². The van der Waals surface area contributed by atoms with Gasteiger partial charge < -0.3 is 15.7 Å². The standard InChI is InChI=1S/C17H13ClN4O3S/c18-9-1-3-10(4-2-9)19-12-6-5-11-13(21-12)26-16(20-11)22-14(23)17(7-8-17)15(24)25/h1-6H,7-8H2,(H,19,21)(H,24,25)(H,20,22,23). The molecule has 0 unspecified atom stereocenters. The minimum absolute atomic E-state index is 0.341. The van der Waals surface area contributed by atoms with Crippen LogP contribution in [-0.2, 0) is 9.59 Å². The Hall–Kier alpha value is -2.71. The summed E-state index contributed by atoms with van der Waals surface area (Å²) in [4.78, 5) is 32.8. The molecule has 0 aliphatic heterocycles. The fourth-order valence-corrected chi connectivity index (χ4v) is 3.46. The number of rotatable bonds is 5. The SMILES string of the molecule is O=C(O)C1(C(=O)Nc2nc3ccc(Nc4ccc(Cl)cc4)nc3s2)CC1. The maximum Gasteiger partial charge on any atom is 0.319 e. The molecule has 2 aromatic heterocycles. The number of carboxylic acids is 1. The van der Waals surface area contributed by atoms with Crippen molar-refractivity contribution in [2.45, 2.75) is 12.8 Å². The molecular weight excluding hydrogens is 376 g/mol. The summed E-state index contributed by atoms with van der Waals surface area (Å²) in [5.41, 5.74) is 0.176. The van der Waals surface area contributed by atoms with Gasteiger partial charge in [0.2, 0.25) is 5.91 Å².